The summed E-state index contributed by atoms with van der Waals surface area (Å²) < 4.78 is 5.32. The summed E-state index contributed by atoms with van der Waals surface area (Å²) in [4.78, 5) is 11.2. The standard InChI is InChI=1S/C10H20N2O2/c1-8(5-11-2)14-7-10(13)12-6-9-3-4-9/h8-9,11H,3-7H2,1-2H3,(H,12,13). The molecular weight excluding hydrogens is 180 g/mol. The number of nitrogens with one attached hydrogen (secondary N) is 2. The highest BCUT2D eigenvalue weighted by atomic mass is 16.5. The smallest absolute Gasteiger partial charge is 0.246 e. The lowest BCUT2D eigenvalue weighted by molar-refractivity contribution is -0.127. The van der Waals surface area contributed by atoms with E-state index >= 15 is 0 Å². The molecule has 1 aliphatic rings. The Bertz CT molecular complexity index is 181. The van der Waals surface area contributed by atoms with Gasteiger partial charge in [-0.1, -0.05) is 0 Å². The van der Waals surface area contributed by atoms with E-state index in [1.807, 2.05) is 14.0 Å². The van der Waals surface area contributed by atoms with Crippen LogP contribution in [-0.4, -0.2) is 38.8 Å². The first-order valence-electron chi connectivity index (χ1n) is 5.25. The van der Waals surface area contributed by atoms with Crippen molar-refractivity contribution in [3.05, 3.63) is 0 Å². The van der Waals surface area contributed by atoms with Gasteiger partial charge in [-0.3, -0.25) is 4.79 Å². The van der Waals surface area contributed by atoms with Crippen LogP contribution in [0.3, 0.4) is 0 Å². The van der Waals surface area contributed by atoms with Gasteiger partial charge in [0.15, 0.2) is 0 Å². The zero-order valence-corrected chi connectivity index (χ0v) is 9.01. The van der Waals surface area contributed by atoms with Crippen molar-refractivity contribution in [1.29, 1.82) is 0 Å². The molecule has 1 rings (SSSR count). The molecule has 1 amide bonds. The van der Waals surface area contributed by atoms with Crippen LogP contribution >= 0.6 is 0 Å². The number of amides is 1. The fraction of sp³-hybridized carbons (Fsp3) is 0.900. The lowest BCUT2D eigenvalue weighted by atomic mass is 10.4. The third kappa shape index (κ3) is 5.19. The number of hydrogen-bond donors (Lipinski definition) is 2. The van der Waals surface area contributed by atoms with Gasteiger partial charge < -0.3 is 15.4 Å². The van der Waals surface area contributed by atoms with Crippen molar-refractivity contribution < 1.29 is 9.53 Å². The van der Waals surface area contributed by atoms with Crippen LogP contribution in [0.25, 0.3) is 0 Å². The lowest BCUT2D eigenvalue weighted by Crippen LogP contribution is -2.33. The molecule has 14 heavy (non-hydrogen) atoms. The number of carbonyl (C=O) groups is 1. The molecule has 0 aromatic carbocycles. The molecule has 0 bridgehead atoms. The molecule has 0 aromatic rings. The number of ether oxygens (including phenoxy) is 1. The summed E-state index contributed by atoms with van der Waals surface area (Å²) in [7, 11) is 1.87. The van der Waals surface area contributed by atoms with Gasteiger partial charge in [-0.25, -0.2) is 0 Å². The Kier molecular flexibility index (Phi) is 4.90. The summed E-state index contributed by atoms with van der Waals surface area (Å²) in [5, 5.41) is 5.85. The predicted octanol–water partition coefficient (Wildman–Crippen LogP) is 0.137. The van der Waals surface area contributed by atoms with Crippen LogP contribution in [0, 0.1) is 5.92 Å². The van der Waals surface area contributed by atoms with Crippen LogP contribution in [0.1, 0.15) is 19.8 Å². The molecule has 0 saturated heterocycles. The number of carbonyl (C=O) groups excluding carboxylic acids is 1. The van der Waals surface area contributed by atoms with Crippen LogP contribution in [0.15, 0.2) is 0 Å². The molecule has 1 fully saturated rings. The third-order valence-electron chi connectivity index (χ3n) is 2.28. The normalized spacial score (nSPS) is 17.9. The van der Waals surface area contributed by atoms with Crippen molar-refractivity contribution in [3.8, 4) is 0 Å². The largest absolute Gasteiger partial charge is 0.367 e. The van der Waals surface area contributed by atoms with Gasteiger partial charge in [-0.15, -0.1) is 0 Å². The zero-order chi connectivity index (χ0) is 10.4. The summed E-state index contributed by atoms with van der Waals surface area (Å²) in [6, 6.07) is 0. The molecular formula is C10H20N2O2. The zero-order valence-electron chi connectivity index (χ0n) is 9.01. The average molecular weight is 200 g/mol. The van der Waals surface area contributed by atoms with E-state index in [9.17, 15) is 4.79 Å². The molecule has 1 atom stereocenters. The van der Waals surface area contributed by atoms with Crippen molar-refractivity contribution in [2.24, 2.45) is 5.92 Å². The molecule has 2 N–H and O–H groups in total. The van der Waals surface area contributed by atoms with E-state index in [0.717, 1.165) is 19.0 Å². The molecule has 1 aliphatic carbocycles. The van der Waals surface area contributed by atoms with Gasteiger partial charge in [0.05, 0.1) is 6.10 Å². The van der Waals surface area contributed by atoms with Crippen molar-refractivity contribution in [2.45, 2.75) is 25.9 Å². The van der Waals surface area contributed by atoms with E-state index in [0.29, 0.717) is 0 Å². The minimum Gasteiger partial charge on any atom is -0.367 e. The van der Waals surface area contributed by atoms with Gasteiger partial charge in [-0.05, 0) is 32.7 Å². The summed E-state index contributed by atoms with van der Waals surface area (Å²) in [5.74, 6) is 0.730. The summed E-state index contributed by atoms with van der Waals surface area (Å²) in [6.45, 7) is 3.72. The second-order valence-corrected chi connectivity index (χ2v) is 3.93. The monoisotopic (exact) mass is 200 g/mol. The Morgan fingerprint density at radius 3 is 2.86 bits per heavy atom. The SMILES string of the molecule is CNCC(C)OCC(=O)NCC1CC1. The molecule has 1 saturated carbocycles. The van der Waals surface area contributed by atoms with Gasteiger partial charge in [0.1, 0.15) is 6.61 Å². The first kappa shape index (κ1) is 11.5. The number of rotatable bonds is 7. The number of hydrogen-bond acceptors (Lipinski definition) is 3. The molecule has 4 heteroatoms. The quantitative estimate of drug-likeness (QED) is 0.614. The van der Waals surface area contributed by atoms with Crippen LogP contribution in [-0.2, 0) is 9.53 Å². The van der Waals surface area contributed by atoms with Crippen molar-refractivity contribution >= 4 is 5.91 Å². The van der Waals surface area contributed by atoms with Gasteiger partial charge >= 0.3 is 0 Å². The molecule has 0 aromatic heterocycles. The van der Waals surface area contributed by atoms with Gasteiger partial charge in [0, 0.05) is 13.1 Å². The highest BCUT2D eigenvalue weighted by molar-refractivity contribution is 5.77. The first-order chi connectivity index (χ1) is 6.72. The van der Waals surface area contributed by atoms with E-state index in [2.05, 4.69) is 10.6 Å². The van der Waals surface area contributed by atoms with Crippen molar-refractivity contribution in [1.82, 2.24) is 10.6 Å². The van der Waals surface area contributed by atoms with E-state index < -0.39 is 0 Å². The Balaban J connectivity index is 1.95. The minimum atomic E-state index is -0.000136. The van der Waals surface area contributed by atoms with E-state index in [-0.39, 0.29) is 18.6 Å². The molecule has 0 aliphatic heterocycles. The Labute approximate surface area is 85.4 Å². The summed E-state index contributed by atoms with van der Waals surface area (Å²) in [5.41, 5.74) is 0. The fourth-order valence-electron chi connectivity index (χ4n) is 1.20. The minimum absolute atomic E-state index is 0.000136. The Hall–Kier alpha value is -0.610. The maximum atomic E-state index is 11.2. The summed E-state index contributed by atoms with van der Waals surface area (Å²) >= 11 is 0. The van der Waals surface area contributed by atoms with Crippen molar-refractivity contribution in [2.75, 3.05) is 26.7 Å². The van der Waals surface area contributed by atoms with Crippen LogP contribution in [0.5, 0.6) is 0 Å². The van der Waals surface area contributed by atoms with Crippen LogP contribution in [0.4, 0.5) is 0 Å². The molecule has 4 nitrogen and oxygen atoms in total. The Morgan fingerprint density at radius 2 is 2.29 bits per heavy atom. The van der Waals surface area contributed by atoms with E-state index in [4.69, 9.17) is 4.74 Å². The maximum absolute atomic E-state index is 11.2. The molecule has 0 spiro atoms. The topological polar surface area (TPSA) is 50.4 Å². The number of likely N-dealkylation sites (N-methyl/N-ethyl adjacent to an activating group) is 1. The van der Waals surface area contributed by atoms with Crippen LogP contribution < -0.4 is 10.6 Å². The average Bonchev–Trinajstić information content (AvgIpc) is 2.95. The highest BCUT2D eigenvalue weighted by Gasteiger charge is 2.21. The third-order valence-corrected chi connectivity index (χ3v) is 2.28. The fourth-order valence-corrected chi connectivity index (χ4v) is 1.20. The molecule has 82 valence electrons. The highest BCUT2D eigenvalue weighted by Crippen LogP contribution is 2.27. The second kappa shape index (κ2) is 5.98. The lowest BCUT2D eigenvalue weighted by Gasteiger charge is -2.11. The van der Waals surface area contributed by atoms with Gasteiger partial charge in [0.25, 0.3) is 0 Å². The second-order valence-electron chi connectivity index (χ2n) is 3.93. The molecule has 1 unspecified atom stereocenters. The Morgan fingerprint density at radius 1 is 1.57 bits per heavy atom. The van der Waals surface area contributed by atoms with E-state index in [1.54, 1.807) is 0 Å². The molecule has 0 heterocycles. The maximum Gasteiger partial charge on any atom is 0.246 e. The predicted molar refractivity (Wildman–Crippen MR) is 55.1 cm³/mol. The van der Waals surface area contributed by atoms with Gasteiger partial charge in [-0.2, -0.15) is 0 Å². The van der Waals surface area contributed by atoms with Crippen molar-refractivity contribution in [3.63, 3.8) is 0 Å². The van der Waals surface area contributed by atoms with Gasteiger partial charge in [0.2, 0.25) is 5.91 Å². The van der Waals surface area contributed by atoms with E-state index in [1.165, 1.54) is 12.8 Å². The van der Waals surface area contributed by atoms with Crippen LogP contribution in [0.2, 0.25) is 0 Å². The first-order valence-corrected chi connectivity index (χ1v) is 5.25. The molecule has 0 radical (unpaired) electrons. The summed E-state index contributed by atoms with van der Waals surface area (Å²) in [6.07, 6.45) is 2.61.